The van der Waals surface area contributed by atoms with Crippen molar-refractivity contribution in [2.24, 2.45) is 5.41 Å². The largest absolute Gasteiger partial charge is 0.508 e. The molecule has 5 nitrogen and oxygen atoms in total. The van der Waals surface area contributed by atoms with Crippen LogP contribution < -0.4 is 5.32 Å². The van der Waals surface area contributed by atoms with Gasteiger partial charge in [-0.3, -0.25) is 9.59 Å². The van der Waals surface area contributed by atoms with Crippen molar-refractivity contribution in [2.45, 2.75) is 45.1 Å². The summed E-state index contributed by atoms with van der Waals surface area (Å²) in [5, 5.41) is 21.1. The molecule has 0 heterocycles. The van der Waals surface area contributed by atoms with E-state index in [9.17, 15) is 14.7 Å². The van der Waals surface area contributed by atoms with Gasteiger partial charge in [0.25, 0.3) is 0 Å². The van der Waals surface area contributed by atoms with Crippen molar-refractivity contribution in [1.82, 2.24) is 5.32 Å². The lowest BCUT2D eigenvalue weighted by atomic mass is 9.79. The van der Waals surface area contributed by atoms with E-state index in [-0.39, 0.29) is 29.9 Å². The number of carboxylic acids is 1. The SMILES string of the molecule is O=C(O)CC1(CC(=O)NCc2ccc(O)cc2)CCCC1. The van der Waals surface area contributed by atoms with Gasteiger partial charge in [-0.1, -0.05) is 25.0 Å². The second-order valence-electron chi connectivity index (χ2n) is 5.90. The Hall–Kier alpha value is -2.04. The van der Waals surface area contributed by atoms with Gasteiger partial charge in [-0.25, -0.2) is 0 Å². The number of aliphatic carboxylic acids is 1. The molecule has 1 aliphatic carbocycles. The Kier molecular flexibility index (Phi) is 4.83. The molecule has 0 unspecified atom stereocenters. The molecule has 1 fully saturated rings. The number of carbonyl (C=O) groups excluding carboxylic acids is 1. The van der Waals surface area contributed by atoms with Crippen molar-refractivity contribution < 1.29 is 19.8 Å². The highest BCUT2D eigenvalue weighted by Crippen LogP contribution is 2.43. The first-order valence-electron chi connectivity index (χ1n) is 7.26. The maximum atomic E-state index is 12.1. The number of aromatic hydroxyl groups is 1. The molecule has 1 aliphatic rings. The van der Waals surface area contributed by atoms with Crippen LogP contribution in [0.1, 0.15) is 44.1 Å². The summed E-state index contributed by atoms with van der Waals surface area (Å²) in [6.07, 6.45) is 3.96. The molecule has 0 saturated heterocycles. The summed E-state index contributed by atoms with van der Waals surface area (Å²) in [4.78, 5) is 23.1. The first-order valence-corrected chi connectivity index (χ1v) is 7.26. The van der Waals surface area contributed by atoms with Crippen molar-refractivity contribution in [3.05, 3.63) is 29.8 Å². The molecule has 0 aliphatic heterocycles. The van der Waals surface area contributed by atoms with Gasteiger partial charge in [-0.15, -0.1) is 0 Å². The zero-order chi connectivity index (χ0) is 15.3. The standard InChI is InChI=1S/C16H21NO4/c18-13-5-3-12(4-6-13)11-17-14(19)9-16(10-15(20)21)7-1-2-8-16/h3-6,18H,1-2,7-11H2,(H,17,19)(H,20,21). The highest BCUT2D eigenvalue weighted by atomic mass is 16.4. The highest BCUT2D eigenvalue weighted by Gasteiger charge is 2.37. The number of nitrogens with one attached hydrogen (secondary N) is 1. The Morgan fingerprint density at radius 1 is 1.10 bits per heavy atom. The van der Waals surface area contributed by atoms with E-state index in [1.165, 1.54) is 0 Å². The predicted octanol–water partition coefficient (Wildman–Crippen LogP) is 2.43. The Labute approximate surface area is 124 Å². The molecule has 1 saturated carbocycles. The third-order valence-corrected chi connectivity index (χ3v) is 4.15. The van der Waals surface area contributed by atoms with E-state index in [0.717, 1.165) is 31.2 Å². The van der Waals surface area contributed by atoms with Crippen LogP contribution in [-0.4, -0.2) is 22.1 Å². The van der Waals surface area contributed by atoms with Crippen LogP contribution in [0.4, 0.5) is 0 Å². The summed E-state index contributed by atoms with van der Waals surface area (Å²) in [6, 6.07) is 6.64. The van der Waals surface area contributed by atoms with E-state index in [1.807, 2.05) is 0 Å². The summed E-state index contributed by atoms with van der Waals surface area (Å²) in [7, 11) is 0. The number of carboxylic acid groups (broad SMARTS) is 1. The van der Waals surface area contributed by atoms with Crippen molar-refractivity contribution in [1.29, 1.82) is 0 Å². The Morgan fingerprint density at radius 3 is 2.29 bits per heavy atom. The molecule has 1 amide bonds. The molecular weight excluding hydrogens is 270 g/mol. The topological polar surface area (TPSA) is 86.6 Å². The van der Waals surface area contributed by atoms with Crippen LogP contribution in [0.3, 0.4) is 0 Å². The molecule has 0 bridgehead atoms. The molecule has 114 valence electrons. The van der Waals surface area contributed by atoms with Gasteiger partial charge in [0.05, 0.1) is 6.42 Å². The maximum absolute atomic E-state index is 12.1. The molecule has 5 heteroatoms. The van der Waals surface area contributed by atoms with E-state index in [2.05, 4.69) is 5.32 Å². The normalized spacial score (nSPS) is 16.6. The summed E-state index contributed by atoms with van der Waals surface area (Å²) in [5.74, 6) is -0.745. The van der Waals surface area contributed by atoms with E-state index in [1.54, 1.807) is 24.3 Å². The molecule has 0 atom stereocenters. The fourth-order valence-corrected chi connectivity index (χ4v) is 3.08. The van der Waals surface area contributed by atoms with Gasteiger partial charge in [0.1, 0.15) is 5.75 Å². The predicted molar refractivity (Wildman–Crippen MR) is 77.7 cm³/mol. The Morgan fingerprint density at radius 2 is 1.71 bits per heavy atom. The van der Waals surface area contributed by atoms with Crippen molar-refractivity contribution >= 4 is 11.9 Å². The number of phenols is 1. The summed E-state index contributed by atoms with van der Waals surface area (Å²) < 4.78 is 0. The van der Waals surface area contributed by atoms with Crippen molar-refractivity contribution in [2.75, 3.05) is 0 Å². The molecule has 0 radical (unpaired) electrons. The molecule has 3 N–H and O–H groups in total. The van der Waals surface area contributed by atoms with Crippen LogP contribution in [0, 0.1) is 5.41 Å². The number of amides is 1. The van der Waals surface area contributed by atoms with Gasteiger partial charge in [-0.2, -0.15) is 0 Å². The molecular formula is C16H21NO4. The van der Waals surface area contributed by atoms with Crippen LogP contribution in [-0.2, 0) is 16.1 Å². The first kappa shape index (κ1) is 15.4. The smallest absolute Gasteiger partial charge is 0.303 e. The highest BCUT2D eigenvalue weighted by molar-refractivity contribution is 5.78. The Bertz CT molecular complexity index is 504. The monoisotopic (exact) mass is 291 g/mol. The molecule has 1 aromatic rings. The number of phenolic OH excluding ortho intramolecular Hbond substituents is 1. The average Bonchev–Trinajstić information content (AvgIpc) is 2.85. The molecule has 21 heavy (non-hydrogen) atoms. The quantitative estimate of drug-likeness (QED) is 0.751. The molecule has 0 spiro atoms. The number of carbonyl (C=O) groups is 2. The van der Waals surface area contributed by atoms with Crippen LogP contribution in [0.2, 0.25) is 0 Å². The minimum atomic E-state index is -0.830. The minimum Gasteiger partial charge on any atom is -0.508 e. The molecule has 1 aromatic carbocycles. The lowest BCUT2D eigenvalue weighted by Crippen LogP contribution is -2.31. The van der Waals surface area contributed by atoms with Crippen LogP contribution in [0.15, 0.2) is 24.3 Å². The summed E-state index contributed by atoms with van der Waals surface area (Å²) in [5.41, 5.74) is 0.532. The van der Waals surface area contributed by atoms with Gasteiger partial charge in [0.2, 0.25) is 5.91 Å². The zero-order valence-corrected chi connectivity index (χ0v) is 12.0. The number of hydrogen-bond acceptors (Lipinski definition) is 3. The summed E-state index contributed by atoms with van der Waals surface area (Å²) >= 11 is 0. The fourth-order valence-electron chi connectivity index (χ4n) is 3.08. The first-order chi connectivity index (χ1) is 9.99. The van der Waals surface area contributed by atoms with Gasteiger partial charge in [0, 0.05) is 13.0 Å². The van der Waals surface area contributed by atoms with Gasteiger partial charge in [0.15, 0.2) is 0 Å². The minimum absolute atomic E-state index is 0.0691. The lowest BCUT2D eigenvalue weighted by Gasteiger charge is -2.26. The van der Waals surface area contributed by atoms with Crippen molar-refractivity contribution in [3.63, 3.8) is 0 Å². The number of rotatable bonds is 6. The van der Waals surface area contributed by atoms with Gasteiger partial charge >= 0.3 is 5.97 Å². The van der Waals surface area contributed by atoms with Crippen LogP contribution in [0.5, 0.6) is 5.75 Å². The number of hydrogen-bond donors (Lipinski definition) is 3. The van der Waals surface area contributed by atoms with Crippen LogP contribution in [0.25, 0.3) is 0 Å². The van der Waals surface area contributed by atoms with Gasteiger partial charge < -0.3 is 15.5 Å². The van der Waals surface area contributed by atoms with E-state index in [4.69, 9.17) is 5.11 Å². The Balaban J connectivity index is 1.87. The van der Waals surface area contributed by atoms with E-state index < -0.39 is 5.97 Å². The fraction of sp³-hybridized carbons (Fsp3) is 0.500. The third kappa shape index (κ3) is 4.48. The second-order valence-corrected chi connectivity index (χ2v) is 5.90. The zero-order valence-electron chi connectivity index (χ0n) is 12.0. The molecule has 0 aromatic heterocycles. The maximum Gasteiger partial charge on any atom is 0.303 e. The van der Waals surface area contributed by atoms with E-state index in [0.29, 0.717) is 6.54 Å². The van der Waals surface area contributed by atoms with Gasteiger partial charge in [-0.05, 0) is 36.0 Å². The van der Waals surface area contributed by atoms with E-state index >= 15 is 0 Å². The van der Waals surface area contributed by atoms with Crippen molar-refractivity contribution in [3.8, 4) is 5.75 Å². The number of benzene rings is 1. The van der Waals surface area contributed by atoms with Crippen LogP contribution >= 0.6 is 0 Å². The lowest BCUT2D eigenvalue weighted by molar-refractivity contribution is -0.140. The molecule has 2 rings (SSSR count). The second kappa shape index (κ2) is 6.61. The average molecular weight is 291 g/mol. The third-order valence-electron chi connectivity index (χ3n) is 4.15. The summed E-state index contributed by atoms with van der Waals surface area (Å²) in [6.45, 7) is 0.391.